The van der Waals surface area contributed by atoms with Gasteiger partial charge in [-0.05, 0) is 18.3 Å². The molecule has 0 aromatic heterocycles. The molecule has 0 amide bonds. The molecule has 3 heteroatoms. The quantitative estimate of drug-likeness (QED) is 0.418. The highest BCUT2D eigenvalue weighted by Gasteiger charge is 2.64. The van der Waals surface area contributed by atoms with Crippen LogP contribution in [0.5, 0.6) is 0 Å². The predicted octanol–water partition coefficient (Wildman–Crippen LogP) is 0.383. The molecule has 5 atom stereocenters. The van der Waals surface area contributed by atoms with E-state index in [-0.39, 0.29) is 18.0 Å². The molecule has 2 saturated carbocycles. The zero-order valence-corrected chi connectivity index (χ0v) is 6.60. The van der Waals surface area contributed by atoms with Gasteiger partial charge in [-0.1, -0.05) is 0 Å². The Morgan fingerprint density at radius 2 is 2.25 bits per heavy atom. The summed E-state index contributed by atoms with van der Waals surface area (Å²) < 4.78 is 5.12. The zero-order chi connectivity index (χ0) is 8.29. The van der Waals surface area contributed by atoms with E-state index in [0.29, 0.717) is 24.2 Å². The van der Waals surface area contributed by atoms with Crippen molar-refractivity contribution in [2.75, 3.05) is 0 Å². The first-order valence-electron chi connectivity index (χ1n) is 4.46. The molecule has 3 aliphatic rings. The maximum absolute atomic E-state index is 10.9. The average molecular weight is 166 g/mol. The second-order valence-corrected chi connectivity index (χ2v) is 4.09. The molecule has 3 rings (SSSR count). The summed E-state index contributed by atoms with van der Waals surface area (Å²) in [4.78, 5) is 21.4. The third kappa shape index (κ3) is 0.625. The number of carbonyl (C=O) groups is 2. The van der Waals surface area contributed by atoms with Gasteiger partial charge in [-0.25, -0.2) is 0 Å². The van der Waals surface area contributed by atoms with Crippen molar-refractivity contribution < 1.29 is 14.3 Å². The van der Waals surface area contributed by atoms with Crippen LogP contribution < -0.4 is 0 Å². The molecule has 64 valence electrons. The molecule has 1 aliphatic heterocycles. The lowest BCUT2D eigenvalue weighted by Crippen LogP contribution is -2.15. The van der Waals surface area contributed by atoms with Crippen molar-refractivity contribution in [2.45, 2.75) is 18.9 Å². The van der Waals surface area contributed by atoms with Gasteiger partial charge in [0, 0.05) is 11.8 Å². The number of esters is 1. The Morgan fingerprint density at radius 3 is 3.00 bits per heavy atom. The highest BCUT2D eigenvalue weighted by atomic mass is 16.6. The van der Waals surface area contributed by atoms with Crippen LogP contribution in [0.4, 0.5) is 0 Å². The van der Waals surface area contributed by atoms with E-state index in [9.17, 15) is 9.59 Å². The van der Waals surface area contributed by atoms with E-state index < -0.39 is 0 Å². The lowest BCUT2D eigenvalue weighted by atomic mass is 9.97. The number of ether oxygens (including phenoxy) is 1. The lowest BCUT2D eigenvalue weighted by Gasteiger charge is -2.10. The van der Waals surface area contributed by atoms with Crippen LogP contribution in [0.1, 0.15) is 12.8 Å². The average Bonchev–Trinajstić information content (AvgIpc) is 2.40. The molecule has 5 unspecified atom stereocenters. The maximum Gasteiger partial charge on any atom is 0.306 e. The van der Waals surface area contributed by atoms with E-state index in [2.05, 4.69) is 0 Å². The Hall–Kier alpha value is -0.860. The van der Waals surface area contributed by atoms with Gasteiger partial charge in [0.2, 0.25) is 0 Å². The summed E-state index contributed by atoms with van der Waals surface area (Å²) in [6.07, 6.45) is 2.69. The molecule has 3 nitrogen and oxygen atoms in total. The molecular formula is C9H10O3. The van der Waals surface area contributed by atoms with Crippen LogP contribution in [0.3, 0.4) is 0 Å². The second-order valence-electron chi connectivity index (χ2n) is 4.09. The van der Waals surface area contributed by atoms with Gasteiger partial charge in [-0.15, -0.1) is 0 Å². The summed E-state index contributed by atoms with van der Waals surface area (Å²) in [5.74, 6) is 1.59. The summed E-state index contributed by atoms with van der Waals surface area (Å²) in [5, 5.41) is 0. The first-order chi connectivity index (χ1) is 5.81. The van der Waals surface area contributed by atoms with E-state index >= 15 is 0 Å². The molecule has 0 radical (unpaired) electrons. The van der Waals surface area contributed by atoms with E-state index in [1.807, 2.05) is 0 Å². The van der Waals surface area contributed by atoms with Crippen LogP contribution >= 0.6 is 0 Å². The molecule has 2 aliphatic carbocycles. The highest BCUT2D eigenvalue weighted by molar-refractivity contribution is 5.73. The number of hydrogen-bond donors (Lipinski definition) is 0. The van der Waals surface area contributed by atoms with Gasteiger partial charge in [-0.3, -0.25) is 4.79 Å². The molecule has 0 aromatic rings. The number of rotatable bonds is 1. The molecule has 12 heavy (non-hydrogen) atoms. The monoisotopic (exact) mass is 166 g/mol. The van der Waals surface area contributed by atoms with Crippen molar-refractivity contribution in [2.24, 2.45) is 23.7 Å². The minimum Gasteiger partial charge on any atom is -0.462 e. The van der Waals surface area contributed by atoms with Crippen molar-refractivity contribution in [1.29, 1.82) is 0 Å². The largest absolute Gasteiger partial charge is 0.462 e. The molecular weight excluding hydrogens is 156 g/mol. The summed E-state index contributed by atoms with van der Waals surface area (Å²) in [6, 6.07) is 0. The van der Waals surface area contributed by atoms with Gasteiger partial charge in [0.1, 0.15) is 12.4 Å². The summed E-state index contributed by atoms with van der Waals surface area (Å²) in [7, 11) is 0. The molecule has 0 spiro atoms. The van der Waals surface area contributed by atoms with Crippen LogP contribution in [0, 0.1) is 23.7 Å². The Kier molecular flexibility index (Phi) is 1.05. The van der Waals surface area contributed by atoms with Gasteiger partial charge >= 0.3 is 5.97 Å². The number of hydrogen-bond acceptors (Lipinski definition) is 3. The third-order valence-corrected chi connectivity index (χ3v) is 3.61. The van der Waals surface area contributed by atoms with Crippen molar-refractivity contribution in [3.63, 3.8) is 0 Å². The zero-order valence-electron chi connectivity index (χ0n) is 6.60. The third-order valence-electron chi connectivity index (χ3n) is 3.61. The van der Waals surface area contributed by atoms with Crippen molar-refractivity contribution in [1.82, 2.24) is 0 Å². The van der Waals surface area contributed by atoms with Crippen LogP contribution in [0.2, 0.25) is 0 Å². The van der Waals surface area contributed by atoms with E-state index in [4.69, 9.17) is 4.74 Å². The predicted molar refractivity (Wildman–Crippen MR) is 39.1 cm³/mol. The fraction of sp³-hybridized carbons (Fsp3) is 0.778. The Balaban J connectivity index is 1.81. The Bertz CT molecular complexity index is 260. The smallest absolute Gasteiger partial charge is 0.306 e. The maximum atomic E-state index is 10.9. The van der Waals surface area contributed by atoms with E-state index in [0.717, 1.165) is 12.7 Å². The summed E-state index contributed by atoms with van der Waals surface area (Å²) in [6.45, 7) is 0. The van der Waals surface area contributed by atoms with Crippen molar-refractivity contribution in [3.8, 4) is 0 Å². The van der Waals surface area contributed by atoms with Gasteiger partial charge < -0.3 is 9.53 Å². The molecule has 0 N–H and O–H groups in total. The van der Waals surface area contributed by atoms with Crippen LogP contribution in [0.25, 0.3) is 0 Å². The minimum absolute atomic E-state index is 0.0694. The molecule has 1 saturated heterocycles. The fourth-order valence-electron chi connectivity index (χ4n) is 3.04. The molecule has 0 aromatic carbocycles. The number of fused-ring (bicyclic) bond motifs is 3. The van der Waals surface area contributed by atoms with Crippen molar-refractivity contribution in [3.05, 3.63) is 0 Å². The molecule has 0 bridgehead atoms. The second kappa shape index (κ2) is 1.90. The molecule has 3 fully saturated rings. The summed E-state index contributed by atoms with van der Waals surface area (Å²) in [5.41, 5.74) is 0. The van der Waals surface area contributed by atoms with Crippen LogP contribution in [0.15, 0.2) is 0 Å². The van der Waals surface area contributed by atoms with Crippen molar-refractivity contribution >= 4 is 12.3 Å². The normalized spacial score (nSPS) is 54.3. The van der Waals surface area contributed by atoms with Gasteiger partial charge in [-0.2, -0.15) is 0 Å². The van der Waals surface area contributed by atoms with Gasteiger partial charge in [0.25, 0.3) is 0 Å². The highest BCUT2D eigenvalue weighted by Crippen LogP contribution is 2.62. The van der Waals surface area contributed by atoms with E-state index in [1.165, 1.54) is 0 Å². The fourth-order valence-corrected chi connectivity index (χ4v) is 3.04. The van der Waals surface area contributed by atoms with Crippen LogP contribution in [-0.4, -0.2) is 18.4 Å². The molecule has 1 heterocycles. The number of carbonyl (C=O) groups excluding carboxylic acids is 2. The lowest BCUT2D eigenvalue weighted by molar-refractivity contribution is -0.141. The van der Waals surface area contributed by atoms with Gasteiger partial charge in [0.05, 0.1) is 6.42 Å². The Morgan fingerprint density at radius 1 is 1.42 bits per heavy atom. The topological polar surface area (TPSA) is 43.4 Å². The minimum atomic E-state index is -0.0694. The first kappa shape index (κ1) is 6.63. The Labute approximate surface area is 70.1 Å². The first-order valence-corrected chi connectivity index (χ1v) is 4.46. The van der Waals surface area contributed by atoms with E-state index in [1.54, 1.807) is 0 Å². The standard InChI is InChI=1S/C9H10O3/c10-3-6-4-1-7-5(9(4)6)2-8(11)12-7/h3-7,9H,1-2H2. The van der Waals surface area contributed by atoms with Gasteiger partial charge in [0.15, 0.2) is 0 Å². The van der Waals surface area contributed by atoms with Crippen LogP contribution in [-0.2, 0) is 14.3 Å². The summed E-state index contributed by atoms with van der Waals surface area (Å²) >= 11 is 0. The number of aldehydes is 1. The SMILES string of the molecule is O=CC1C2CC3OC(=O)CC3C12.